The number of hydrogen-bond donors (Lipinski definition) is 2. The molecule has 1 saturated carbocycles. The number of aromatic nitrogens is 2. The molecule has 0 unspecified atom stereocenters. The van der Waals surface area contributed by atoms with Gasteiger partial charge in [0, 0.05) is 12.6 Å². The Hall–Kier alpha value is -0.880. The summed E-state index contributed by atoms with van der Waals surface area (Å²) < 4.78 is 0.713. The Kier molecular flexibility index (Phi) is 3.06. The van der Waals surface area contributed by atoms with E-state index in [-0.39, 0.29) is 6.61 Å². The molecule has 1 heterocycles. The summed E-state index contributed by atoms with van der Waals surface area (Å²) in [4.78, 5) is 10.2. The summed E-state index contributed by atoms with van der Waals surface area (Å²) in [5.74, 6) is 1.21. The van der Waals surface area contributed by atoms with Gasteiger partial charge in [-0.3, -0.25) is 0 Å². The first-order chi connectivity index (χ1) is 7.24. The molecule has 0 amide bonds. The first-order valence-electron chi connectivity index (χ1n) is 4.87. The predicted octanol–water partition coefficient (Wildman–Crippen LogP) is 0.782. The summed E-state index contributed by atoms with van der Waals surface area (Å²) in [6, 6.07) is 0.489. The highest BCUT2D eigenvalue weighted by Crippen LogP contribution is 2.35. The fraction of sp³-hybridized carbons (Fsp3) is 0.556. The van der Waals surface area contributed by atoms with Gasteiger partial charge in [-0.2, -0.15) is 0 Å². The first-order valence-corrected chi connectivity index (χ1v) is 5.67. The second-order valence-corrected chi connectivity index (χ2v) is 4.34. The topological polar surface area (TPSA) is 75.3 Å². The Morgan fingerprint density at radius 3 is 2.87 bits per heavy atom. The van der Waals surface area contributed by atoms with Crippen molar-refractivity contribution in [3.63, 3.8) is 0 Å². The van der Waals surface area contributed by atoms with E-state index in [9.17, 15) is 0 Å². The van der Waals surface area contributed by atoms with E-state index in [1.54, 1.807) is 0 Å². The van der Waals surface area contributed by atoms with Crippen LogP contribution in [-0.2, 0) is 0 Å². The van der Waals surface area contributed by atoms with Crippen LogP contribution in [0, 0.1) is 0 Å². The molecule has 1 aromatic heterocycles. The highest BCUT2D eigenvalue weighted by atomic mass is 79.9. The maximum atomic E-state index is 9.00. The van der Waals surface area contributed by atoms with Gasteiger partial charge in [0.2, 0.25) is 0 Å². The van der Waals surface area contributed by atoms with E-state index in [0.717, 1.165) is 18.7 Å². The van der Waals surface area contributed by atoms with Crippen molar-refractivity contribution in [2.45, 2.75) is 18.9 Å². The summed E-state index contributed by atoms with van der Waals surface area (Å²) in [6.45, 7) is 0.701. The summed E-state index contributed by atoms with van der Waals surface area (Å²) in [5, 5.41) is 9.00. The van der Waals surface area contributed by atoms with Gasteiger partial charge in [0.15, 0.2) is 0 Å². The van der Waals surface area contributed by atoms with E-state index in [1.165, 1.54) is 6.33 Å². The van der Waals surface area contributed by atoms with Crippen LogP contribution in [0.3, 0.4) is 0 Å². The van der Waals surface area contributed by atoms with Gasteiger partial charge < -0.3 is 15.7 Å². The minimum Gasteiger partial charge on any atom is -0.395 e. The summed E-state index contributed by atoms with van der Waals surface area (Å²) in [7, 11) is 0. The molecule has 1 aliphatic carbocycles. The molecule has 0 aliphatic heterocycles. The first kappa shape index (κ1) is 10.6. The van der Waals surface area contributed by atoms with Gasteiger partial charge in [0.25, 0.3) is 0 Å². The number of halogens is 1. The Balaban J connectivity index is 2.28. The van der Waals surface area contributed by atoms with Crippen LogP contribution in [0.5, 0.6) is 0 Å². The molecule has 1 fully saturated rings. The predicted molar refractivity (Wildman–Crippen MR) is 61.6 cm³/mol. The highest BCUT2D eigenvalue weighted by molar-refractivity contribution is 9.10. The van der Waals surface area contributed by atoms with Crippen molar-refractivity contribution >= 4 is 27.6 Å². The molecular weight excluding hydrogens is 260 g/mol. The molecule has 0 atom stereocenters. The van der Waals surface area contributed by atoms with Gasteiger partial charge in [0.05, 0.1) is 6.61 Å². The lowest BCUT2D eigenvalue weighted by atomic mass is 10.4. The highest BCUT2D eigenvalue weighted by Gasteiger charge is 2.31. The summed E-state index contributed by atoms with van der Waals surface area (Å²) in [6.07, 6.45) is 3.74. The van der Waals surface area contributed by atoms with Crippen LogP contribution in [0.25, 0.3) is 0 Å². The smallest absolute Gasteiger partial charge is 0.148 e. The van der Waals surface area contributed by atoms with Crippen molar-refractivity contribution in [2.24, 2.45) is 0 Å². The number of anilines is 2. The van der Waals surface area contributed by atoms with E-state index in [1.807, 2.05) is 0 Å². The number of nitrogens with two attached hydrogens (primary N) is 1. The number of nitrogen functional groups attached to an aromatic ring is 1. The molecule has 0 bridgehead atoms. The molecule has 0 spiro atoms. The van der Waals surface area contributed by atoms with Crippen LogP contribution in [-0.4, -0.2) is 34.3 Å². The minimum atomic E-state index is 0.118. The van der Waals surface area contributed by atoms with Crippen molar-refractivity contribution in [1.82, 2.24) is 9.97 Å². The van der Waals surface area contributed by atoms with Crippen molar-refractivity contribution in [3.05, 3.63) is 10.8 Å². The number of hydrogen-bond acceptors (Lipinski definition) is 5. The molecular formula is C9H13BrN4O. The Morgan fingerprint density at radius 1 is 1.53 bits per heavy atom. The largest absolute Gasteiger partial charge is 0.395 e. The Bertz CT molecular complexity index is 356. The molecule has 0 radical (unpaired) electrons. The normalized spacial score (nSPS) is 15.3. The van der Waals surface area contributed by atoms with Gasteiger partial charge >= 0.3 is 0 Å². The van der Waals surface area contributed by atoms with Gasteiger partial charge in [-0.1, -0.05) is 0 Å². The average molecular weight is 273 g/mol. The minimum absolute atomic E-state index is 0.118. The molecule has 1 aliphatic rings. The second kappa shape index (κ2) is 4.32. The SMILES string of the molecule is Nc1ncnc(N(CCO)C2CC2)c1Br. The van der Waals surface area contributed by atoms with Crippen LogP contribution < -0.4 is 10.6 Å². The van der Waals surface area contributed by atoms with E-state index in [4.69, 9.17) is 10.8 Å². The van der Waals surface area contributed by atoms with Crippen molar-refractivity contribution in [3.8, 4) is 0 Å². The van der Waals surface area contributed by atoms with E-state index < -0.39 is 0 Å². The molecule has 0 saturated heterocycles. The van der Waals surface area contributed by atoms with Crippen molar-refractivity contribution < 1.29 is 5.11 Å². The quantitative estimate of drug-likeness (QED) is 0.848. The lowest BCUT2D eigenvalue weighted by Gasteiger charge is -2.23. The van der Waals surface area contributed by atoms with Gasteiger partial charge in [-0.25, -0.2) is 9.97 Å². The van der Waals surface area contributed by atoms with Crippen LogP contribution in [0.4, 0.5) is 11.6 Å². The summed E-state index contributed by atoms with van der Waals surface area (Å²) in [5.41, 5.74) is 5.69. The zero-order valence-electron chi connectivity index (χ0n) is 8.23. The zero-order chi connectivity index (χ0) is 10.8. The molecule has 6 heteroatoms. The van der Waals surface area contributed by atoms with Crippen molar-refractivity contribution in [1.29, 1.82) is 0 Å². The second-order valence-electron chi connectivity index (χ2n) is 3.54. The maximum absolute atomic E-state index is 9.00. The van der Waals surface area contributed by atoms with Gasteiger partial charge in [0.1, 0.15) is 22.4 Å². The lowest BCUT2D eigenvalue weighted by molar-refractivity contribution is 0.301. The molecule has 15 heavy (non-hydrogen) atoms. The number of nitrogens with zero attached hydrogens (tertiary/aromatic N) is 3. The van der Waals surface area contributed by atoms with Crippen LogP contribution >= 0.6 is 15.9 Å². The third-order valence-electron chi connectivity index (χ3n) is 2.40. The third kappa shape index (κ3) is 2.21. The van der Waals surface area contributed by atoms with Crippen LogP contribution in [0.2, 0.25) is 0 Å². The molecule has 82 valence electrons. The van der Waals surface area contributed by atoms with Crippen LogP contribution in [0.1, 0.15) is 12.8 Å². The monoisotopic (exact) mass is 272 g/mol. The van der Waals surface area contributed by atoms with Gasteiger partial charge in [-0.05, 0) is 28.8 Å². The number of rotatable bonds is 4. The fourth-order valence-electron chi connectivity index (χ4n) is 1.53. The number of aliphatic hydroxyl groups excluding tert-OH is 1. The van der Waals surface area contributed by atoms with E-state index in [2.05, 4.69) is 30.8 Å². The molecule has 3 N–H and O–H groups in total. The Labute approximate surface area is 96.5 Å². The third-order valence-corrected chi connectivity index (χ3v) is 3.16. The standard InChI is InChI=1S/C9H13BrN4O/c10-7-8(11)12-5-13-9(7)14(3-4-15)6-1-2-6/h5-6,15H,1-4H2,(H2,11,12,13). The molecule has 5 nitrogen and oxygen atoms in total. The fourth-order valence-corrected chi connectivity index (χ4v) is 1.96. The van der Waals surface area contributed by atoms with E-state index in [0.29, 0.717) is 22.9 Å². The zero-order valence-corrected chi connectivity index (χ0v) is 9.81. The van der Waals surface area contributed by atoms with Gasteiger partial charge in [-0.15, -0.1) is 0 Å². The molecule has 2 rings (SSSR count). The van der Waals surface area contributed by atoms with Crippen LogP contribution in [0.15, 0.2) is 10.8 Å². The van der Waals surface area contributed by atoms with Crippen molar-refractivity contribution in [2.75, 3.05) is 23.8 Å². The molecule has 1 aromatic rings. The molecule has 0 aromatic carbocycles. The maximum Gasteiger partial charge on any atom is 0.148 e. The Morgan fingerprint density at radius 2 is 2.27 bits per heavy atom. The lowest BCUT2D eigenvalue weighted by Crippen LogP contribution is -2.30. The number of aliphatic hydroxyl groups is 1. The summed E-state index contributed by atoms with van der Waals surface area (Å²) >= 11 is 3.37. The van der Waals surface area contributed by atoms with E-state index >= 15 is 0 Å². The average Bonchev–Trinajstić information content (AvgIpc) is 3.03.